The van der Waals surface area contributed by atoms with E-state index in [0.29, 0.717) is 0 Å². The van der Waals surface area contributed by atoms with Gasteiger partial charge in [0.25, 0.3) is 0 Å². The molecule has 0 aromatic heterocycles. The molecule has 0 aromatic carbocycles. The van der Waals surface area contributed by atoms with Gasteiger partial charge in [-0.25, -0.2) is 0 Å². The van der Waals surface area contributed by atoms with Crippen LogP contribution in [-0.4, -0.2) is 67.8 Å². The summed E-state index contributed by atoms with van der Waals surface area (Å²) in [7, 11) is 0. The quantitative estimate of drug-likeness (QED) is 0.760. The number of ether oxygens (including phenoxy) is 1. The van der Waals surface area contributed by atoms with E-state index in [9.17, 15) is 0 Å². The van der Waals surface area contributed by atoms with Crippen LogP contribution in [0.4, 0.5) is 0 Å². The van der Waals surface area contributed by atoms with Crippen molar-refractivity contribution in [3.63, 3.8) is 0 Å². The lowest BCUT2D eigenvalue weighted by atomic mass is 9.79. The average molecular weight is 239 g/mol. The van der Waals surface area contributed by atoms with Crippen molar-refractivity contribution in [2.75, 3.05) is 45.9 Å². The summed E-state index contributed by atoms with van der Waals surface area (Å²) in [6.45, 7) is 7.53. The summed E-state index contributed by atoms with van der Waals surface area (Å²) >= 11 is 0. The van der Waals surface area contributed by atoms with Crippen LogP contribution in [0.5, 0.6) is 0 Å². The molecule has 0 aromatic rings. The molecule has 0 spiro atoms. The Morgan fingerprint density at radius 2 is 1.82 bits per heavy atom. The zero-order chi connectivity index (χ0) is 11.7. The monoisotopic (exact) mass is 239 g/mol. The second kappa shape index (κ2) is 5.22. The molecule has 0 amide bonds. The molecule has 98 valence electrons. The van der Waals surface area contributed by atoms with E-state index in [1.807, 2.05) is 0 Å². The van der Waals surface area contributed by atoms with E-state index in [1.54, 1.807) is 0 Å². The van der Waals surface area contributed by atoms with Crippen LogP contribution in [-0.2, 0) is 4.74 Å². The zero-order valence-corrected chi connectivity index (χ0v) is 10.7. The fourth-order valence-corrected chi connectivity index (χ4v) is 3.62. The van der Waals surface area contributed by atoms with Gasteiger partial charge in [0.2, 0.25) is 0 Å². The summed E-state index contributed by atoms with van der Waals surface area (Å²) in [4.78, 5) is 5.32. The largest absolute Gasteiger partial charge is 0.379 e. The third-order valence-electron chi connectivity index (χ3n) is 4.91. The summed E-state index contributed by atoms with van der Waals surface area (Å²) in [5.74, 6) is 0.776. The van der Waals surface area contributed by atoms with Crippen LogP contribution < -0.4 is 5.73 Å². The SMILES string of the molecule is NCC1CCC1N1CCC(N2CCOCC2)C1. The van der Waals surface area contributed by atoms with Crippen molar-refractivity contribution in [1.82, 2.24) is 9.80 Å². The van der Waals surface area contributed by atoms with E-state index in [-0.39, 0.29) is 0 Å². The van der Waals surface area contributed by atoms with Crippen LogP contribution in [0.15, 0.2) is 0 Å². The van der Waals surface area contributed by atoms with Gasteiger partial charge >= 0.3 is 0 Å². The number of hydrogen-bond donors (Lipinski definition) is 1. The summed E-state index contributed by atoms with van der Waals surface area (Å²) in [6, 6.07) is 1.57. The van der Waals surface area contributed by atoms with Gasteiger partial charge in [-0.05, 0) is 31.7 Å². The number of hydrogen-bond acceptors (Lipinski definition) is 4. The standard InChI is InChI=1S/C13H25N3O/c14-9-11-1-2-13(11)16-4-3-12(10-16)15-5-7-17-8-6-15/h11-13H,1-10,14H2. The fraction of sp³-hybridized carbons (Fsp3) is 1.00. The van der Waals surface area contributed by atoms with E-state index >= 15 is 0 Å². The van der Waals surface area contributed by atoms with Gasteiger partial charge in [-0.3, -0.25) is 9.80 Å². The molecule has 3 fully saturated rings. The van der Waals surface area contributed by atoms with Crippen molar-refractivity contribution in [2.45, 2.75) is 31.3 Å². The summed E-state index contributed by atoms with van der Waals surface area (Å²) in [6.07, 6.45) is 4.06. The molecule has 1 saturated carbocycles. The number of nitrogens with zero attached hydrogens (tertiary/aromatic N) is 2. The Morgan fingerprint density at radius 1 is 1.00 bits per heavy atom. The van der Waals surface area contributed by atoms with E-state index < -0.39 is 0 Å². The fourth-order valence-electron chi connectivity index (χ4n) is 3.62. The minimum absolute atomic E-state index is 0.776. The molecule has 4 heteroatoms. The first-order valence-corrected chi connectivity index (χ1v) is 7.14. The molecule has 0 bridgehead atoms. The van der Waals surface area contributed by atoms with E-state index in [4.69, 9.17) is 10.5 Å². The van der Waals surface area contributed by atoms with E-state index in [0.717, 1.165) is 50.8 Å². The zero-order valence-electron chi connectivity index (χ0n) is 10.7. The third kappa shape index (κ3) is 2.36. The maximum absolute atomic E-state index is 5.82. The first-order valence-electron chi connectivity index (χ1n) is 7.14. The lowest BCUT2D eigenvalue weighted by Crippen LogP contribution is -2.50. The molecule has 17 heavy (non-hydrogen) atoms. The Bertz CT molecular complexity index is 245. The van der Waals surface area contributed by atoms with Crippen LogP contribution in [0, 0.1) is 5.92 Å². The minimum atomic E-state index is 0.776. The number of nitrogens with two attached hydrogens (primary N) is 1. The highest BCUT2D eigenvalue weighted by atomic mass is 16.5. The van der Waals surface area contributed by atoms with Crippen LogP contribution in [0.3, 0.4) is 0 Å². The van der Waals surface area contributed by atoms with Crippen molar-refractivity contribution in [3.8, 4) is 0 Å². The lowest BCUT2D eigenvalue weighted by Gasteiger charge is -2.43. The van der Waals surface area contributed by atoms with E-state index in [2.05, 4.69) is 9.80 Å². The molecule has 0 radical (unpaired) electrons. The van der Waals surface area contributed by atoms with Gasteiger partial charge in [-0.2, -0.15) is 0 Å². The molecule has 3 atom stereocenters. The van der Waals surface area contributed by atoms with Crippen LogP contribution in [0.2, 0.25) is 0 Å². The summed E-state index contributed by atoms with van der Waals surface area (Å²) < 4.78 is 5.43. The molecule has 2 aliphatic heterocycles. The van der Waals surface area contributed by atoms with Gasteiger partial charge in [-0.1, -0.05) is 0 Å². The summed E-state index contributed by atoms with van der Waals surface area (Å²) in [5, 5.41) is 0. The molecule has 1 aliphatic carbocycles. The van der Waals surface area contributed by atoms with Crippen molar-refractivity contribution in [2.24, 2.45) is 11.7 Å². The molecule has 2 N–H and O–H groups in total. The Labute approximate surface area is 104 Å². The highest BCUT2D eigenvalue weighted by Gasteiger charge is 2.39. The van der Waals surface area contributed by atoms with Gasteiger partial charge in [-0.15, -0.1) is 0 Å². The number of morpholine rings is 1. The lowest BCUT2D eigenvalue weighted by molar-refractivity contribution is 0.0137. The maximum atomic E-state index is 5.82. The molecular weight excluding hydrogens is 214 g/mol. The molecule has 2 saturated heterocycles. The third-order valence-corrected chi connectivity index (χ3v) is 4.91. The molecular formula is C13H25N3O. The van der Waals surface area contributed by atoms with Gasteiger partial charge in [0.1, 0.15) is 0 Å². The first kappa shape index (κ1) is 11.9. The highest BCUT2D eigenvalue weighted by Crippen LogP contribution is 2.34. The van der Waals surface area contributed by atoms with Crippen LogP contribution in [0.25, 0.3) is 0 Å². The van der Waals surface area contributed by atoms with Gasteiger partial charge < -0.3 is 10.5 Å². The van der Waals surface area contributed by atoms with Crippen LogP contribution in [0.1, 0.15) is 19.3 Å². The minimum Gasteiger partial charge on any atom is -0.379 e. The van der Waals surface area contributed by atoms with Crippen molar-refractivity contribution in [1.29, 1.82) is 0 Å². The normalized spacial score (nSPS) is 40.4. The Morgan fingerprint density at radius 3 is 2.47 bits per heavy atom. The number of likely N-dealkylation sites (tertiary alicyclic amines) is 1. The van der Waals surface area contributed by atoms with Crippen molar-refractivity contribution < 1.29 is 4.74 Å². The van der Waals surface area contributed by atoms with Gasteiger partial charge in [0, 0.05) is 38.3 Å². The average Bonchev–Trinajstić information content (AvgIpc) is 2.79. The Kier molecular flexibility index (Phi) is 3.66. The predicted molar refractivity (Wildman–Crippen MR) is 67.9 cm³/mol. The van der Waals surface area contributed by atoms with Crippen molar-refractivity contribution in [3.05, 3.63) is 0 Å². The molecule has 3 rings (SSSR count). The Balaban J connectivity index is 1.51. The Hall–Kier alpha value is -0.160. The molecule has 2 heterocycles. The second-order valence-corrected chi connectivity index (χ2v) is 5.73. The first-order chi connectivity index (χ1) is 8.38. The van der Waals surface area contributed by atoms with E-state index in [1.165, 1.54) is 32.4 Å². The molecule has 3 unspecified atom stereocenters. The second-order valence-electron chi connectivity index (χ2n) is 5.73. The smallest absolute Gasteiger partial charge is 0.0594 e. The van der Waals surface area contributed by atoms with Gasteiger partial charge in [0.05, 0.1) is 13.2 Å². The van der Waals surface area contributed by atoms with Gasteiger partial charge in [0.15, 0.2) is 0 Å². The summed E-state index contributed by atoms with van der Waals surface area (Å²) in [5.41, 5.74) is 5.82. The maximum Gasteiger partial charge on any atom is 0.0594 e. The topological polar surface area (TPSA) is 41.7 Å². The number of rotatable bonds is 3. The van der Waals surface area contributed by atoms with Crippen LogP contribution >= 0.6 is 0 Å². The van der Waals surface area contributed by atoms with Crippen molar-refractivity contribution >= 4 is 0 Å². The molecule has 4 nitrogen and oxygen atoms in total. The highest BCUT2D eigenvalue weighted by molar-refractivity contribution is 4.95. The molecule has 3 aliphatic rings. The predicted octanol–water partition coefficient (Wildman–Crippen LogP) is 0.130.